The summed E-state index contributed by atoms with van der Waals surface area (Å²) in [7, 11) is 0. The number of aromatic carboxylic acids is 1. The highest BCUT2D eigenvalue weighted by molar-refractivity contribution is 7.80. The van der Waals surface area contributed by atoms with Gasteiger partial charge in [-0.15, -0.1) is 5.10 Å². The van der Waals surface area contributed by atoms with Gasteiger partial charge in [0.25, 0.3) is 11.6 Å². The van der Waals surface area contributed by atoms with Crippen molar-refractivity contribution in [1.82, 2.24) is 39.2 Å². The molecule has 4 aromatic heterocycles. The average Bonchev–Trinajstić information content (AvgIpc) is 3.30. The highest BCUT2D eigenvalue weighted by Gasteiger charge is 2.35. The van der Waals surface area contributed by atoms with Crippen molar-refractivity contribution in [2.24, 2.45) is 0 Å². The number of aryl methyl sites for hydroxylation is 1. The molecule has 0 bridgehead atoms. The van der Waals surface area contributed by atoms with E-state index in [9.17, 15) is 23.1 Å². The molecule has 168 valence electrons. The van der Waals surface area contributed by atoms with Gasteiger partial charge in [0.1, 0.15) is 21.7 Å². The Morgan fingerprint density at radius 1 is 1.19 bits per heavy atom. The van der Waals surface area contributed by atoms with Crippen molar-refractivity contribution in [2.45, 2.75) is 19.0 Å². The van der Waals surface area contributed by atoms with E-state index in [1.165, 1.54) is 0 Å². The molecule has 11 nitrogen and oxygen atoms in total. The second kappa shape index (κ2) is 8.10. The van der Waals surface area contributed by atoms with Crippen LogP contribution in [0.1, 0.15) is 27.7 Å². The molecule has 0 spiro atoms. The van der Waals surface area contributed by atoms with Crippen LogP contribution in [-0.2, 0) is 19.0 Å². The molecule has 4 aromatic rings. The van der Waals surface area contributed by atoms with E-state index in [2.05, 4.69) is 42.8 Å². The summed E-state index contributed by atoms with van der Waals surface area (Å²) in [5.41, 5.74) is -2.58. The molecule has 0 saturated carbocycles. The van der Waals surface area contributed by atoms with Gasteiger partial charge < -0.3 is 10.2 Å². The smallest absolute Gasteiger partial charge is 0.433 e. The van der Waals surface area contributed by atoms with Crippen molar-refractivity contribution < 1.29 is 28.2 Å². The minimum absolute atomic E-state index is 0.0161. The van der Waals surface area contributed by atoms with Crippen LogP contribution in [0.3, 0.4) is 0 Å². The zero-order chi connectivity index (χ0) is 23.2. The third kappa shape index (κ3) is 3.80. The Hall–Kier alpha value is -3.11. The summed E-state index contributed by atoms with van der Waals surface area (Å²) < 4.78 is 42.3. The van der Waals surface area contributed by atoms with E-state index in [-0.39, 0.29) is 40.7 Å². The van der Waals surface area contributed by atoms with E-state index >= 15 is 0 Å². The number of halogens is 3. The zero-order valence-corrected chi connectivity index (χ0v) is 17.5. The number of carboxylic acid groups (broad SMARTS) is 1. The van der Waals surface area contributed by atoms with E-state index in [0.29, 0.717) is 24.1 Å². The number of nitrogens with zero attached hydrogens (tertiary/aromatic N) is 7. The number of H-pyrrole nitrogens is 1. The number of thiol groups is 1. The van der Waals surface area contributed by atoms with E-state index in [1.54, 1.807) is 0 Å². The van der Waals surface area contributed by atoms with Crippen LogP contribution in [0.4, 0.5) is 13.2 Å². The van der Waals surface area contributed by atoms with Crippen LogP contribution < -0.4 is 0 Å². The van der Waals surface area contributed by atoms with E-state index in [1.807, 2.05) is 0 Å². The van der Waals surface area contributed by atoms with Crippen LogP contribution in [0, 0.1) is 4.64 Å². The van der Waals surface area contributed by atoms with Crippen molar-refractivity contribution in [3.8, 4) is 11.4 Å². The van der Waals surface area contributed by atoms with Crippen molar-refractivity contribution in [1.29, 1.82) is 0 Å². The first-order valence-corrected chi connectivity index (χ1v) is 9.99. The predicted octanol–water partition coefficient (Wildman–Crippen LogP) is 1.62. The maximum Gasteiger partial charge on any atom is 0.433 e. The van der Waals surface area contributed by atoms with E-state index in [4.69, 9.17) is 17.3 Å². The molecule has 0 fully saturated rings. The van der Waals surface area contributed by atoms with Gasteiger partial charge in [-0.2, -0.15) is 40.3 Å². The topological polar surface area (TPSA) is 147 Å². The molecule has 3 N–H and O–H groups in total. The summed E-state index contributed by atoms with van der Waals surface area (Å²) in [6.07, 6.45) is -4.51. The lowest BCUT2D eigenvalue weighted by Gasteiger charge is -2.11. The molecule has 0 saturated heterocycles. The molecule has 0 aliphatic carbocycles. The highest BCUT2D eigenvalue weighted by Crippen LogP contribution is 2.32. The maximum atomic E-state index is 13.5. The first kappa shape index (κ1) is 22.1. The first-order valence-electron chi connectivity index (χ1n) is 8.95. The van der Waals surface area contributed by atoms with Gasteiger partial charge in [0, 0.05) is 12.8 Å². The minimum Gasteiger partial charge on any atom is -0.478 e. The Balaban J connectivity index is 2.10. The Bertz CT molecular complexity index is 1410. The normalized spacial score (nSPS) is 12.2. The molecule has 16 heteroatoms. The minimum atomic E-state index is -4.86. The summed E-state index contributed by atoms with van der Waals surface area (Å²) in [4.78, 5) is 27.8. The van der Waals surface area contributed by atoms with Crippen LogP contribution >= 0.6 is 24.8 Å². The maximum absolute atomic E-state index is 13.5. The second-order valence-corrected chi connectivity index (χ2v) is 7.30. The van der Waals surface area contributed by atoms with Crippen LogP contribution in [0.5, 0.6) is 0 Å². The number of aromatic amines is 1. The number of rotatable bonds is 6. The largest absolute Gasteiger partial charge is 0.478 e. The number of aliphatic hydroxyl groups is 1. The quantitative estimate of drug-likeness (QED) is 0.236. The van der Waals surface area contributed by atoms with Gasteiger partial charge in [0.15, 0.2) is 11.5 Å². The molecule has 0 aliphatic rings. The number of aromatic nitrogens is 8. The van der Waals surface area contributed by atoms with E-state index in [0.717, 1.165) is 9.03 Å². The number of carboxylic acids is 1. The van der Waals surface area contributed by atoms with Crippen LogP contribution in [0.25, 0.3) is 22.9 Å². The number of nitrogens with one attached hydrogen (secondary N) is 1. The number of aliphatic hydroxyl groups excluding tert-OH is 1. The Morgan fingerprint density at radius 3 is 2.56 bits per heavy atom. The monoisotopic (exact) mass is 486 g/mol. The summed E-state index contributed by atoms with van der Waals surface area (Å²) in [5, 5.41) is 25.8. The lowest BCUT2D eigenvalue weighted by molar-refractivity contribution is -0.141. The van der Waals surface area contributed by atoms with Gasteiger partial charge in [-0.1, -0.05) is 12.2 Å². The summed E-state index contributed by atoms with van der Waals surface area (Å²) in [6, 6.07) is 0.617. The lowest BCUT2D eigenvalue weighted by atomic mass is 10.1. The van der Waals surface area contributed by atoms with Crippen molar-refractivity contribution in [3.63, 3.8) is 0 Å². The summed E-state index contributed by atoms with van der Waals surface area (Å²) in [6.45, 7) is -0.350. The number of fused-ring (bicyclic) bond motifs is 2. The third-order valence-corrected chi connectivity index (χ3v) is 4.94. The SMILES string of the molecule is O=C(O)c1c(-c2cc(C(F)(F)F)nc3nc(CCO)nn23)nc2nc(CCS)[nH]n2c1=S. The van der Waals surface area contributed by atoms with Crippen molar-refractivity contribution in [3.05, 3.63) is 33.6 Å². The fraction of sp³-hybridized carbons (Fsp3) is 0.312. The molecule has 4 heterocycles. The van der Waals surface area contributed by atoms with Gasteiger partial charge in [0.05, 0.1) is 12.3 Å². The molecule has 0 aromatic carbocycles. The fourth-order valence-electron chi connectivity index (χ4n) is 2.99. The Labute approximate surface area is 186 Å². The molecular formula is C16H13F3N8O3S2. The van der Waals surface area contributed by atoms with Gasteiger partial charge in [-0.25, -0.2) is 19.3 Å². The fourth-order valence-corrected chi connectivity index (χ4v) is 3.51. The van der Waals surface area contributed by atoms with Crippen LogP contribution in [0.15, 0.2) is 6.07 Å². The van der Waals surface area contributed by atoms with Crippen molar-refractivity contribution >= 4 is 42.4 Å². The molecule has 0 amide bonds. The zero-order valence-electron chi connectivity index (χ0n) is 15.8. The lowest BCUT2D eigenvalue weighted by Crippen LogP contribution is -2.14. The summed E-state index contributed by atoms with van der Waals surface area (Å²) in [5.74, 6) is -1.13. The third-order valence-electron chi connectivity index (χ3n) is 4.33. The standard InChI is InChI=1S/C16H13F3N8O3S2/c17-16(18,19)7-5-6(26-14(20-7)21-8(24-26)1-3-28)11-10(13(29)30)12(32)27-15(23-11)22-9(25-27)2-4-31/h5,28,31H,1-4H2,(H,29,30)(H,22,23,25). The summed E-state index contributed by atoms with van der Waals surface area (Å²) >= 11 is 9.37. The number of hydrogen-bond acceptors (Lipinski definition) is 9. The predicted molar refractivity (Wildman–Crippen MR) is 108 cm³/mol. The first-order chi connectivity index (χ1) is 15.1. The molecular weight excluding hydrogens is 473 g/mol. The molecule has 0 unspecified atom stereocenters. The van der Waals surface area contributed by atoms with Gasteiger partial charge in [-0.3, -0.25) is 5.10 Å². The number of hydrogen-bond donors (Lipinski definition) is 4. The molecule has 32 heavy (non-hydrogen) atoms. The van der Waals surface area contributed by atoms with Crippen LogP contribution in [0.2, 0.25) is 0 Å². The van der Waals surface area contributed by atoms with Gasteiger partial charge in [0.2, 0.25) is 0 Å². The van der Waals surface area contributed by atoms with E-state index < -0.39 is 29.2 Å². The molecule has 4 rings (SSSR count). The van der Waals surface area contributed by atoms with Gasteiger partial charge in [-0.05, 0) is 11.8 Å². The Morgan fingerprint density at radius 2 is 1.94 bits per heavy atom. The molecule has 0 aliphatic heterocycles. The second-order valence-electron chi connectivity index (χ2n) is 6.46. The van der Waals surface area contributed by atoms with Crippen LogP contribution in [-0.4, -0.2) is 67.7 Å². The number of carbonyl (C=O) groups is 1. The highest BCUT2D eigenvalue weighted by atomic mass is 32.1. The number of alkyl halides is 3. The molecule has 0 atom stereocenters. The Kier molecular flexibility index (Phi) is 5.59. The van der Waals surface area contributed by atoms with Crippen molar-refractivity contribution in [2.75, 3.05) is 12.4 Å². The average molecular weight is 486 g/mol. The molecule has 0 radical (unpaired) electrons. The van der Waals surface area contributed by atoms with Gasteiger partial charge >= 0.3 is 12.1 Å².